The first-order valence-corrected chi connectivity index (χ1v) is 6.51. The molecule has 4 atom stereocenters. The van der Waals surface area contributed by atoms with Crippen molar-refractivity contribution >= 4 is 31.4 Å². The topological polar surface area (TPSA) is 48.1 Å². The van der Waals surface area contributed by atoms with Crippen molar-refractivity contribution in [2.24, 2.45) is 0 Å². The van der Waals surface area contributed by atoms with Gasteiger partial charge in [0, 0.05) is 26.2 Å². The second kappa shape index (κ2) is 7.43. The smallest absolute Gasteiger partial charge is 0.125 e. The first kappa shape index (κ1) is 14.2. The van der Waals surface area contributed by atoms with E-state index in [4.69, 9.17) is 0 Å². The third-order valence-corrected chi connectivity index (χ3v) is 3.09. The summed E-state index contributed by atoms with van der Waals surface area (Å²) in [5, 5.41) is 14.2. The normalized spacial score (nSPS) is 39.5. The summed E-state index contributed by atoms with van der Waals surface area (Å²) in [6.07, 6.45) is 0. The summed E-state index contributed by atoms with van der Waals surface area (Å²) in [4.78, 5) is 0. The van der Waals surface area contributed by atoms with Crippen LogP contribution in [-0.4, -0.2) is 81.3 Å². The SMILES string of the molecule is BC1CNC(B)CNC(B)CNC(B)CN1. The van der Waals surface area contributed by atoms with Crippen LogP contribution >= 0.6 is 0 Å². The van der Waals surface area contributed by atoms with Crippen LogP contribution < -0.4 is 21.3 Å². The van der Waals surface area contributed by atoms with E-state index in [0.29, 0.717) is 23.8 Å². The van der Waals surface area contributed by atoms with E-state index < -0.39 is 0 Å². The van der Waals surface area contributed by atoms with Gasteiger partial charge < -0.3 is 21.3 Å². The molecular formula is C8H24B4N4. The van der Waals surface area contributed by atoms with E-state index in [0.717, 1.165) is 26.2 Å². The molecule has 8 heteroatoms. The lowest BCUT2D eigenvalue weighted by atomic mass is 9.88. The van der Waals surface area contributed by atoms with Crippen molar-refractivity contribution in [3.8, 4) is 0 Å². The quantitative estimate of drug-likeness (QED) is 0.307. The first-order chi connectivity index (χ1) is 7.58. The molecule has 1 saturated heterocycles. The summed E-state index contributed by atoms with van der Waals surface area (Å²) in [5.74, 6) is 2.12. The van der Waals surface area contributed by atoms with Crippen LogP contribution in [0.4, 0.5) is 0 Å². The van der Waals surface area contributed by atoms with Crippen molar-refractivity contribution in [3.63, 3.8) is 0 Å². The fraction of sp³-hybridized carbons (Fsp3) is 1.00. The molecule has 1 fully saturated rings. The van der Waals surface area contributed by atoms with Crippen LogP contribution in [0.15, 0.2) is 0 Å². The van der Waals surface area contributed by atoms with Gasteiger partial charge in [-0.2, -0.15) is 0 Å². The molecule has 0 radical (unpaired) electrons. The molecule has 4 unspecified atom stereocenters. The molecule has 1 aliphatic heterocycles. The van der Waals surface area contributed by atoms with Gasteiger partial charge in [-0.05, 0) is 23.8 Å². The van der Waals surface area contributed by atoms with Gasteiger partial charge in [0.25, 0.3) is 0 Å². The molecule has 4 nitrogen and oxygen atoms in total. The molecule has 1 heterocycles. The maximum atomic E-state index is 3.54. The highest BCUT2D eigenvalue weighted by molar-refractivity contribution is 6.14. The van der Waals surface area contributed by atoms with Crippen LogP contribution in [-0.2, 0) is 0 Å². The Hall–Kier alpha value is 0.0997. The zero-order chi connectivity index (χ0) is 12.0. The number of nitrogens with one attached hydrogen (secondary N) is 4. The number of rotatable bonds is 0. The molecule has 16 heavy (non-hydrogen) atoms. The molecule has 0 bridgehead atoms. The van der Waals surface area contributed by atoms with Gasteiger partial charge in [0.1, 0.15) is 31.4 Å². The highest BCUT2D eigenvalue weighted by atomic mass is 15.1. The van der Waals surface area contributed by atoms with Gasteiger partial charge in [-0.1, -0.05) is 0 Å². The molecule has 0 saturated carbocycles. The van der Waals surface area contributed by atoms with Crippen molar-refractivity contribution in [2.75, 3.05) is 26.2 Å². The molecular weight excluding hydrogens is 195 g/mol. The van der Waals surface area contributed by atoms with E-state index in [1.165, 1.54) is 0 Å². The second-order valence-corrected chi connectivity index (χ2v) is 5.24. The largest absolute Gasteiger partial charge is 0.320 e. The van der Waals surface area contributed by atoms with Gasteiger partial charge in [0.05, 0.1) is 0 Å². The Kier molecular flexibility index (Phi) is 6.58. The molecule has 0 aromatic carbocycles. The second-order valence-electron chi connectivity index (χ2n) is 5.24. The Balaban J connectivity index is 2.39. The minimum absolute atomic E-state index is 0.531. The molecule has 0 spiro atoms. The standard InChI is InChI=1S/C8H24B4N4/c9-5-1-13-6(10)2-15-8(12)4-16-7(11)3-14-5/h5-8,13-16H,1-4,9-12H2. The van der Waals surface area contributed by atoms with Crippen LogP contribution in [0.25, 0.3) is 0 Å². The van der Waals surface area contributed by atoms with E-state index in [1.807, 2.05) is 0 Å². The van der Waals surface area contributed by atoms with Crippen LogP contribution in [0.2, 0.25) is 0 Å². The van der Waals surface area contributed by atoms with Gasteiger partial charge in [0.15, 0.2) is 0 Å². The monoisotopic (exact) mass is 220 g/mol. The van der Waals surface area contributed by atoms with E-state index in [1.54, 1.807) is 0 Å². The fourth-order valence-corrected chi connectivity index (χ4v) is 1.80. The molecule has 1 aliphatic rings. The average Bonchev–Trinajstić information content (AvgIpc) is 2.27. The van der Waals surface area contributed by atoms with Gasteiger partial charge in [-0.25, -0.2) is 0 Å². The summed E-state index contributed by atoms with van der Waals surface area (Å²) < 4.78 is 0. The van der Waals surface area contributed by atoms with E-state index in [-0.39, 0.29) is 0 Å². The highest BCUT2D eigenvalue weighted by Gasteiger charge is 2.11. The van der Waals surface area contributed by atoms with E-state index >= 15 is 0 Å². The van der Waals surface area contributed by atoms with Crippen molar-refractivity contribution < 1.29 is 0 Å². The van der Waals surface area contributed by atoms with Crippen molar-refractivity contribution in [1.29, 1.82) is 0 Å². The molecule has 4 N–H and O–H groups in total. The van der Waals surface area contributed by atoms with Crippen molar-refractivity contribution in [1.82, 2.24) is 21.3 Å². The maximum absolute atomic E-state index is 3.54. The first-order valence-electron chi connectivity index (χ1n) is 6.51. The minimum Gasteiger partial charge on any atom is -0.320 e. The Bertz CT molecular complexity index is 141. The zero-order valence-corrected chi connectivity index (χ0v) is 11.1. The summed E-state index contributed by atoms with van der Waals surface area (Å²) in [7, 11) is 8.92. The number of hydrogen-bond donors (Lipinski definition) is 4. The van der Waals surface area contributed by atoms with Gasteiger partial charge >= 0.3 is 0 Å². The van der Waals surface area contributed by atoms with Crippen LogP contribution in [0.5, 0.6) is 0 Å². The summed E-state index contributed by atoms with van der Waals surface area (Å²) in [6, 6.07) is 0. The Labute approximate surface area is 103 Å². The third kappa shape index (κ3) is 5.99. The van der Waals surface area contributed by atoms with Crippen LogP contribution in [0, 0.1) is 0 Å². The van der Waals surface area contributed by atoms with Crippen LogP contribution in [0.3, 0.4) is 0 Å². The molecule has 0 amide bonds. The predicted molar refractivity (Wildman–Crippen MR) is 81.3 cm³/mol. The Morgan fingerprint density at radius 3 is 0.875 bits per heavy atom. The zero-order valence-electron chi connectivity index (χ0n) is 11.1. The summed E-state index contributed by atoms with van der Waals surface area (Å²) >= 11 is 0. The molecule has 1 rings (SSSR count). The fourth-order valence-electron chi connectivity index (χ4n) is 1.80. The Morgan fingerprint density at radius 1 is 0.500 bits per heavy atom. The van der Waals surface area contributed by atoms with Gasteiger partial charge in [0.2, 0.25) is 0 Å². The van der Waals surface area contributed by atoms with E-state index in [2.05, 4.69) is 52.7 Å². The molecule has 88 valence electrons. The predicted octanol–water partition coefficient (Wildman–Crippen LogP) is -5.80. The lowest BCUT2D eigenvalue weighted by Gasteiger charge is -2.26. The van der Waals surface area contributed by atoms with E-state index in [9.17, 15) is 0 Å². The third-order valence-electron chi connectivity index (χ3n) is 3.09. The summed E-state index contributed by atoms with van der Waals surface area (Å²) in [6.45, 7) is 4.13. The van der Waals surface area contributed by atoms with Gasteiger partial charge in [-0.15, -0.1) is 0 Å². The molecule has 0 aliphatic carbocycles. The maximum Gasteiger partial charge on any atom is 0.125 e. The minimum atomic E-state index is 0.531. The summed E-state index contributed by atoms with van der Waals surface area (Å²) in [5.41, 5.74) is 0. The molecule has 0 aromatic heterocycles. The van der Waals surface area contributed by atoms with Crippen molar-refractivity contribution in [2.45, 2.75) is 23.8 Å². The highest BCUT2D eigenvalue weighted by Crippen LogP contribution is 1.84. The molecule has 0 aromatic rings. The average molecular weight is 220 g/mol. The lowest BCUT2D eigenvalue weighted by Crippen LogP contribution is -2.54. The lowest BCUT2D eigenvalue weighted by molar-refractivity contribution is 0.471. The van der Waals surface area contributed by atoms with Crippen LogP contribution in [0.1, 0.15) is 0 Å². The number of hydrogen-bond acceptors (Lipinski definition) is 4. The Morgan fingerprint density at radius 2 is 0.688 bits per heavy atom. The van der Waals surface area contributed by atoms with Gasteiger partial charge in [-0.3, -0.25) is 0 Å². The van der Waals surface area contributed by atoms with Crippen molar-refractivity contribution in [3.05, 3.63) is 0 Å².